The second-order valence-electron chi connectivity index (χ2n) is 5.05. The van der Waals surface area contributed by atoms with Crippen LogP contribution in [0.3, 0.4) is 0 Å². The maximum atomic E-state index is 3.69. The predicted octanol–water partition coefficient (Wildman–Crippen LogP) is 3.69. The van der Waals surface area contributed by atoms with Gasteiger partial charge in [-0.05, 0) is 37.0 Å². The van der Waals surface area contributed by atoms with Gasteiger partial charge in [0.15, 0.2) is 0 Å². The molecule has 0 spiro atoms. The zero-order valence-electron chi connectivity index (χ0n) is 10.6. The highest BCUT2D eigenvalue weighted by atomic mass is 32.2. The highest BCUT2D eigenvalue weighted by molar-refractivity contribution is 7.99. The molecule has 0 heterocycles. The molecule has 1 aliphatic carbocycles. The fourth-order valence-corrected chi connectivity index (χ4v) is 2.65. The largest absolute Gasteiger partial charge is 0.313 e. The third-order valence-electron chi connectivity index (χ3n) is 2.93. The molecule has 1 nitrogen and oxygen atoms in total. The van der Waals surface area contributed by atoms with Crippen LogP contribution in [0.15, 0.2) is 0 Å². The normalized spacial score (nSPS) is 18.4. The molecule has 1 atom stereocenters. The third kappa shape index (κ3) is 7.24. The molecule has 0 radical (unpaired) electrons. The van der Waals surface area contributed by atoms with Gasteiger partial charge in [0, 0.05) is 11.8 Å². The average molecular weight is 229 g/mol. The number of hydrogen-bond acceptors (Lipinski definition) is 2. The van der Waals surface area contributed by atoms with Gasteiger partial charge in [0.2, 0.25) is 0 Å². The molecule has 2 heteroatoms. The van der Waals surface area contributed by atoms with Crippen molar-refractivity contribution in [1.29, 1.82) is 0 Å². The molecule has 0 aliphatic heterocycles. The summed E-state index contributed by atoms with van der Waals surface area (Å²) in [5, 5.41) is 4.46. The van der Waals surface area contributed by atoms with Gasteiger partial charge < -0.3 is 5.32 Å². The third-order valence-corrected chi connectivity index (χ3v) is 4.20. The zero-order valence-corrected chi connectivity index (χ0v) is 11.4. The van der Waals surface area contributed by atoms with E-state index in [1.165, 1.54) is 44.4 Å². The molecule has 1 rings (SSSR count). The Kier molecular flexibility index (Phi) is 6.74. The molecule has 1 saturated carbocycles. The maximum Gasteiger partial charge on any atom is 0.0158 e. The van der Waals surface area contributed by atoms with Crippen molar-refractivity contribution in [3.8, 4) is 0 Å². The van der Waals surface area contributed by atoms with Crippen LogP contribution in [0.2, 0.25) is 0 Å². The molecule has 1 fully saturated rings. The van der Waals surface area contributed by atoms with E-state index < -0.39 is 0 Å². The molecule has 1 aliphatic rings. The highest BCUT2D eigenvalue weighted by Crippen LogP contribution is 2.34. The van der Waals surface area contributed by atoms with Crippen LogP contribution in [0.25, 0.3) is 0 Å². The van der Waals surface area contributed by atoms with Gasteiger partial charge in [-0.1, -0.05) is 33.6 Å². The monoisotopic (exact) mass is 229 g/mol. The van der Waals surface area contributed by atoms with Crippen molar-refractivity contribution in [1.82, 2.24) is 5.32 Å². The van der Waals surface area contributed by atoms with Gasteiger partial charge >= 0.3 is 0 Å². The summed E-state index contributed by atoms with van der Waals surface area (Å²) in [6.45, 7) is 8.03. The molecule has 0 saturated heterocycles. The van der Waals surface area contributed by atoms with Crippen LogP contribution in [0.4, 0.5) is 0 Å². The van der Waals surface area contributed by atoms with Gasteiger partial charge in [0.25, 0.3) is 0 Å². The first kappa shape index (κ1) is 13.4. The summed E-state index contributed by atoms with van der Waals surface area (Å²) in [6, 6.07) is 0.762. The Bertz CT molecular complexity index is 149. The Balaban J connectivity index is 2.10. The van der Waals surface area contributed by atoms with Gasteiger partial charge in [0.05, 0.1) is 0 Å². The van der Waals surface area contributed by atoms with Gasteiger partial charge in [-0.15, -0.1) is 0 Å². The molecule has 0 bridgehead atoms. The first-order valence-electron chi connectivity index (χ1n) is 6.57. The quantitative estimate of drug-likeness (QED) is 0.647. The van der Waals surface area contributed by atoms with Crippen LogP contribution < -0.4 is 5.32 Å². The zero-order chi connectivity index (χ0) is 11.1. The number of nitrogens with one attached hydrogen (secondary N) is 1. The van der Waals surface area contributed by atoms with Crippen molar-refractivity contribution in [2.24, 2.45) is 5.92 Å². The topological polar surface area (TPSA) is 12.0 Å². The van der Waals surface area contributed by atoms with Gasteiger partial charge in [-0.3, -0.25) is 0 Å². The summed E-state index contributed by atoms with van der Waals surface area (Å²) in [5.74, 6) is 2.38. The summed E-state index contributed by atoms with van der Waals surface area (Å²) in [7, 11) is 0. The van der Waals surface area contributed by atoms with E-state index >= 15 is 0 Å². The SMILES string of the molecule is CCCNC(CCC1CC1)CSC(C)C. The molecule has 1 unspecified atom stereocenters. The van der Waals surface area contributed by atoms with E-state index in [1.54, 1.807) is 0 Å². The van der Waals surface area contributed by atoms with Crippen LogP contribution in [-0.4, -0.2) is 23.6 Å². The lowest BCUT2D eigenvalue weighted by atomic mass is 10.1. The molecular weight excluding hydrogens is 202 g/mol. The fourth-order valence-electron chi connectivity index (χ4n) is 1.74. The highest BCUT2D eigenvalue weighted by Gasteiger charge is 2.22. The Morgan fingerprint density at radius 1 is 1.33 bits per heavy atom. The Labute approximate surface area is 99.8 Å². The molecule has 0 aromatic carbocycles. The van der Waals surface area contributed by atoms with Crippen molar-refractivity contribution in [3.63, 3.8) is 0 Å². The fraction of sp³-hybridized carbons (Fsp3) is 1.00. The van der Waals surface area contributed by atoms with Crippen LogP contribution in [0, 0.1) is 5.92 Å². The van der Waals surface area contributed by atoms with Crippen LogP contribution in [0.5, 0.6) is 0 Å². The van der Waals surface area contributed by atoms with Crippen molar-refractivity contribution < 1.29 is 0 Å². The first-order chi connectivity index (χ1) is 7.22. The molecule has 0 aromatic rings. The summed E-state index contributed by atoms with van der Waals surface area (Å²) >= 11 is 2.10. The first-order valence-corrected chi connectivity index (χ1v) is 7.62. The van der Waals surface area contributed by atoms with Crippen LogP contribution in [-0.2, 0) is 0 Å². The van der Waals surface area contributed by atoms with E-state index in [4.69, 9.17) is 0 Å². The van der Waals surface area contributed by atoms with E-state index in [1.807, 2.05) is 0 Å². The average Bonchev–Trinajstić information content (AvgIpc) is 3.00. The molecule has 0 aromatic heterocycles. The molecule has 90 valence electrons. The second kappa shape index (κ2) is 7.56. The minimum atomic E-state index is 0.762. The number of rotatable bonds is 9. The lowest BCUT2D eigenvalue weighted by Crippen LogP contribution is -2.32. The van der Waals surface area contributed by atoms with Crippen molar-refractivity contribution in [3.05, 3.63) is 0 Å². The van der Waals surface area contributed by atoms with E-state index in [0.717, 1.165) is 17.2 Å². The summed E-state index contributed by atoms with van der Waals surface area (Å²) in [5.41, 5.74) is 0. The van der Waals surface area contributed by atoms with Crippen LogP contribution in [0.1, 0.15) is 52.9 Å². The number of thioether (sulfide) groups is 1. The summed E-state index contributed by atoms with van der Waals surface area (Å²) in [4.78, 5) is 0. The standard InChI is InChI=1S/C13H27NS/c1-4-9-14-13(10-15-11(2)3)8-7-12-5-6-12/h11-14H,4-10H2,1-3H3. The van der Waals surface area contributed by atoms with Crippen molar-refractivity contribution in [2.75, 3.05) is 12.3 Å². The lowest BCUT2D eigenvalue weighted by molar-refractivity contribution is 0.488. The van der Waals surface area contributed by atoms with E-state index in [0.29, 0.717) is 0 Å². The second-order valence-corrected chi connectivity index (χ2v) is 6.66. The van der Waals surface area contributed by atoms with Gasteiger partial charge in [0.1, 0.15) is 0 Å². The minimum absolute atomic E-state index is 0.762. The Morgan fingerprint density at radius 2 is 2.07 bits per heavy atom. The van der Waals surface area contributed by atoms with E-state index in [2.05, 4.69) is 37.8 Å². The maximum absolute atomic E-state index is 3.69. The van der Waals surface area contributed by atoms with Gasteiger partial charge in [-0.2, -0.15) is 11.8 Å². The minimum Gasteiger partial charge on any atom is -0.313 e. The summed E-state index contributed by atoms with van der Waals surface area (Å²) in [6.07, 6.45) is 7.10. The Hall–Kier alpha value is 0.310. The molecule has 15 heavy (non-hydrogen) atoms. The van der Waals surface area contributed by atoms with Crippen molar-refractivity contribution in [2.45, 2.75) is 64.2 Å². The molecule has 0 amide bonds. The lowest BCUT2D eigenvalue weighted by Gasteiger charge is -2.19. The van der Waals surface area contributed by atoms with Gasteiger partial charge in [-0.25, -0.2) is 0 Å². The van der Waals surface area contributed by atoms with E-state index in [-0.39, 0.29) is 0 Å². The Morgan fingerprint density at radius 3 is 2.60 bits per heavy atom. The smallest absolute Gasteiger partial charge is 0.0158 e. The van der Waals surface area contributed by atoms with E-state index in [9.17, 15) is 0 Å². The number of hydrogen-bond donors (Lipinski definition) is 1. The molecular formula is C13H27NS. The molecule has 1 N–H and O–H groups in total. The van der Waals surface area contributed by atoms with Crippen molar-refractivity contribution >= 4 is 11.8 Å². The predicted molar refractivity (Wildman–Crippen MR) is 71.6 cm³/mol. The summed E-state index contributed by atoms with van der Waals surface area (Å²) < 4.78 is 0. The van der Waals surface area contributed by atoms with Crippen LogP contribution >= 0.6 is 11.8 Å².